The van der Waals surface area contributed by atoms with Crippen LogP contribution in [0.4, 0.5) is 4.39 Å². The first-order chi connectivity index (χ1) is 10.5. The topological polar surface area (TPSA) is 55.4 Å². The van der Waals surface area contributed by atoms with Crippen LogP contribution in [0.25, 0.3) is 0 Å². The minimum atomic E-state index is -0.570. The molecule has 0 unspecified atom stereocenters. The number of benzene rings is 1. The molecule has 1 aromatic carbocycles. The third-order valence-electron chi connectivity index (χ3n) is 3.08. The average Bonchev–Trinajstić information content (AvgIpc) is 2.96. The van der Waals surface area contributed by atoms with Crippen molar-refractivity contribution in [1.29, 1.82) is 0 Å². The van der Waals surface area contributed by atoms with E-state index in [0.717, 1.165) is 10.9 Å². The number of carbonyl (C=O) groups is 2. The highest BCUT2D eigenvalue weighted by atomic mass is 32.1. The number of methoxy groups -OCH3 is 1. The van der Waals surface area contributed by atoms with E-state index in [1.807, 2.05) is 6.07 Å². The Morgan fingerprint density at radius 3 is 2.64 bits per heavy atom. The second-order valence-corrected chi connectivity index (χ2v) is 5.85. The Kier molecular flexibility index (Phi) is 5.27. The normalized spacial score (nSPS) is 10.3. The number of ether oxygens (including phenoxy) is 1. The van der Waals surface area contributed by atoms with E-state index in [0.29, 0.717) is 17.8 Å². The highest BCUT2D eigenvalue weighted by molar-refractivity contribution is 7.14. The first-order valence-corrected chi connectivity index (χ1v) is 7.54. The van der Waals surface area contributed by atoms with E-state index < -0.39 is 5.82 Å². The highest BCUT2D eigenvalue weighted by Gasteiger charge is 2.10. The molecule has 0 aliphatic heterocycles. The second-order valence-electron chi connectivity index (χ2n) is 4.68. The quantitative estimate of drug-likeness (QED) is 0.832. The van der Waals surface area contributed by atoms with Gasteiger partial charge in [0.2, 0.25) is 0 Å². The minimum Gasteiger partial charge on any atom is -0.494 e. The van der Waals surface area contributed by atoms with Crippen LogP contribution in [-0.2, 0) is 6.42 Å². The molecule has 1 N–H and O–H groups in total. The van der Waals surface area contributed by atoms with Crippen molar-refractivity contribution < 1.29 is 18.7 Å². The molecule has 6 heteroatoms. The summed E-state index contributed by atoms with van der Waals surface area (Å²) in [6.45, 7) is 1.94. The predicted molar refractivity (Wildman–Crippen MR) is 83.3 cm³/mol. The van der Waals surface area contributed by atoms with Crippen molar-refractivity contribution in [2.75, 3.05) is 13.7 Å². The van der Waals surface area contributed by atoms with Gasteiger partial charge in [0, 0.05) is 17.0 Å². The number of hydrogen-bond donors (Lipinski definition) is 1. The van der Waals surface area contributed by atoms with Crippen molar-refractivity contribution in [1.82, 2.24) is 5.32 Å². The largest absolute Gasteiger partial charge is 0.494 e. The molecule has 2 aromatic rings. The third kappa shape index (κ3) is 3.92. The number of halogens is 1. The Morgan fingerprint density at radius 2 is 2.05 bits per heavy atom. The molecule has 0 saturated carbocycles. The van der Waals surface area contributed by atoms with Crippen molar-refractivity contribution in [3.8, 4) is 5.75 Å². The molecule has 0 aliphatic carbocycles. The summed E-state index contributed by atoms with van der Waals surface area (Å²) in [5, 5.41) is 2.73. The van der Waals surface area contributed by atoms with E-state index in [9.17, 15) is 14.0 Å². The smallest absolute Gasteiger partial charge is 0.251 e. The van der Waals surface area contributed by atoms with E-state index >= 15 is 0 Å². The van der Waals surface area contributed by atoms with E-state index in [1.54, 1.807) is 6.07 Å². The van der Waals surface area contributed by atoms with Crippen molar-refractivity contribution in [2.45, 2.75) is 13.3 Å². The Bertz CT molecular complexity index is 696. The third-order valence-corrected chi connectivity index (χ3v) is 4.33. The molecule has 0 fully saturated rings. The van der Waals surface area contributed by atoms with Crippen molar-refractivity contribution in [3.05, 3.63) is 51.5 Å². The monoisotopic (exact) mass is 321 g/mol. The van der Waals surface area contributed by atoms with Crippen molar-refractivity contribution in [3.63, 3.8) is 0 Å². The number of carbonyl (C=O) groups excluding carboxylic acids is 2. The molecule has 1 aromatic heterocycles. The fourth-order valence-electron chi connectivity index (χ4n) is 1.91. The van der Waals surface area contributed by atoms with Gasteiger partial charge in [-0.25, -0.2) is 4.39 Å². The number of nitrogens with one attached hydrogen (secondary N) is 1. The van der Waals surface area contributed by atoms with Gasteiger partial charge in [-0.05, 0) is 43.7 Å². The van der Waals surface area contributed by atoms with Crippen LogP contribution in [0.2, 0.25) is 0 Å². The zero-order valence-corrected chi connectivity index (χ0v) is 13.1. The summed E-state index contributed by atoms with van der Waals surface area (Å²) in [5.74, 6) is -0.773. The summed E-state index contributed by atoms with van der Waals surface area (Å²) in [5.41, 5.74) is 0.244. The zero-order valence-electron chi connectivity index (χ0n) is 12.3. The van der Waals surface area contributed by atoms with Gasteiger partial charge in [-0.2, -0.15) is 0 Å². The first kappa shape index (κ1) is 16.2. The van der Waals surface area contributed by atoms with E-state index in [1.165, 1.54) is 37.5 Å². The van der Waals surface area contributed by atoms with Gasteiger partial charge in [-0.3, -0.25) is 9.59 Å². The molecular formula is C16H16FNO3S. The van der Waals surface area contributed by atoms with Gasteiger partial charge >= 0.3 is 0 Å². The van der Waals surface area contributed by atoms with Gasteiger partial charge in [0.1, 0.15) is 0 Å². The molecule has 116 valence electrons. The summed E-state index contributed by atoms with van der Waals surface area (Å²) < 4.78 is 18.3. The number of ketones is 1. The summed E-state index contributed by atoms with van der Waals surface area (Å²) in [6, 6.07) is 7.73. The molecule has 0 atom stereocenters. The maximum Gasteiger partial charge on any atom is 0.251 e. The number of rotatable bonds is 6. The standard InChI is InChI=1S/C16H16FNO3S/c1-10(19)15-6-4-12(22-15)7-8-18-16(20)11-3-5-14(21-2)13(17)9-11/h3-6,9H,7-8H2,1-2H3,(H,18,20). The molecule has 22 heavy (non-hydrogen) atoms. The van der Waals surface area contributed by atoms with Gasteiger partial charge in [0.05, 0.1) is 12.0 Å². The molecule has 4 nitrogen and oxygen atoms in total. The summed E-state index contributed by atoms with van der Waals surface area (Å²) in [7, 11) is 1.37. The molecular weight excluding hydrogens is 305 g/mol. The van der Waals surface area contributed by atoms with Crippen LogP contribution in [-0.4, -0.2) is 25.3 Å². The van der Waals surface area contributed by atoms with Crippen molar-refractivity contribution in [2.24, 2.45) is 0 Å². The summed E-state index contributed by atoms with van der Waals surface area (Å²) in [4.78, 5) is 24.9. The fraction of sp³-hybridized carbons (Fsp3) is 0.250. The maximum atomic E-state index is 13.5. The lowest BCUT2D eigenvalue weighted by molar-refractivity contribution is 0.0952. The highest BCUT2D eigenvalue weighted by Crippen LogP contribution is 2.18. The Morgan fingerprint density at radius 1 is 1.27 bits per heavy atom. The van der Waals surface area contributed by atoms with Crippen molar-refractivity contribution >= 4 is 23.0 Å². The van der Waals surface area contributed by atoms with Crippen LogP contribution in [0, 0.1) is 5.82 Å². The predicted octanol–water partition coefficient (Wildman–Crippen LogP) is 3.07. The lowest BCUT2D eigenvalue weighted by Gasteiger charge is -2.06. The lowest BCUT2D eigenvalue weighted by Crippen LogP contribution is -2.25. The number of Topliss-reactive ketones (excluding diaryl/α,β-unsaturated/α-hetero) is 1. The second kappa shape index (κ2) is 7.17. The molecule has 0 radical (unpaired) electrons. The summed E-state index contributed by atoms with van der Waals surface area (Å²) >= 11 is 1.42. The number of hydrogen-bond acceptors (Lipinski definition) is 4. The van der Waals surface area contributed by atoms with Gasteiger partial charge < -0.3 is 10.1 Å². The van der Waals surface area contributed by atoms with Crippen LogP contribution in [0.3, 0.4) is 0 Å². The van der Waals surface area contributed by atoms with Gasteiger partial charge in [0.25, 0.3) is 5.91 Å². The molecule has 0 bridgehead atoms. The van der Waals surface area contributed by atoms with Crippen LogP contribution in [0.5, 0.6) is 5.75 Å². The molecule has 2 rings (SSSR count). The van der Waals surface area contributed by atoms with Crippen LogP contribution in [0.15, 0.2) is 30.3 Å². The summed E-state index contributed by atoms with van der Waals surface area (Å²) in [6.07, 6.45) is 0.627. The zero-order chi connectivity index (χ0) is 16.1. The Balaban J connectivity index is 1.89. The Labute approximate surface area is 131 Å². The molecule has 0 aliphatic rings. The average molecular weight is 321 g/mol. The maximum absolute atomic E-state index is 13.5. The lowest BCUT2D eigenvalue weighted by atomic mass is 10.2. The molecule has 0 saturated heterocycles. The number of amides is 1. The van der Waals surface area contributed by atoms with E-state index in [4.69, 9.17) is 4.74 Å². The van der Waals surface area contributed by atoms with Crippen LogP contribution >= 0.6 is 11.3 Å². The van der Waals surface area contributed by atoms with E-state index in [2.05, 4.69) is 5.32 Å². The SMILES string of the molecule is COc1ccc(C(=O)NCCc2ccc(C(C)=O)s2)cc1F. The van der Waals surface area contributed by atoms with Crippen LogP contribution in [0.1, 0.15) is 31.8 Å². The minimum absolute atomic E-state index is 0.0361. The molecule has 1 heterocycles. The first-order valence-electron chi connectivity index (χ1n) is 6.72. The fourth-order valence-corrected chi connectivity index (χ4v) is 2.81. The van der Waals surface area contributed by atoms with E-state index in [-0.39, 0.29) is 23.0 Å². The van der Waals surface area contributed by atoms with Gasteiger partial charge in [-0.1, -0.05) is 0 Å². The molecule has 1 amide bonds. The Hall–Kier alpha value is -2.21. The van der Waals surface area contributed by atoms with Crippen LogP contribution < -0.4 is 10.1 Å². The van der Waals surface area contributed by atoms with Gasteiger partial charge in [-0.15, -0.1) is 11.3 Å². The number of thiophene rings is 1. The molecule has 0 spiro atoms. The van der Waals surface area contributed by atoms with Gasteiger partial charge in [0.15, 0.2) is 17.3 Å².